The lowest BCUT2D eigenvalue weighted by Gasteiger charge is -2.08. The van der Waals surface area contributed by atoms with Crippen molar-refractivity contribution in [2.45, 2.75) is 12.8 Å². The molecule has 21 heavy (non-hydrogen) atoms. The van der Waals surface area contributed by atoms with Crippen LogP contribution in [-0.4, -0.2) is 0 Å². The molecule has 0 nitrogen and oxygen atoms in total. The van der Waals surface area contributed by atoms with Gasteiger partial charge in [0.2, 0.25) is 0 Å². The first-order valence-corrected chi connectivity index (χ1v) is 7.82. The van der Waals surface area contributed by atoms with Crippen molar-refractivity contribution in [2.75, 3.05) is 0 Å². The molecule has 3 aromatic rings. The summed E-state index contributed by atoms with van der Waals surface area (Å²) >= 11 is 1.82. The molecule has 0 aliphatic carbocycles. The van der Waals surface area contributed by atoms with Gasteiger partial charge in [0, 0.05) is 15.3 Å². The predicted molar refractivity (Wildman–Crippen MR) is 90.7 cm³/mol. The third-order valence-corrected chi connectivity index (χ3v) is 4.38. The van der Waals surface area contributed by atoms with Crippen molar-refractivity contribution in [3.05, 3.63) is 93.7 Å². The molecule has 3 rings (SSSR count). The maximum absolute atomic E-state index is 3.44. The minimum atomic E-state index is 0.144. The quantitative estimate of drug-likeness (QED) is 0.566. The third-order valence-electron chi connectivity index (χ3n) is 3.31. The highest BCUT2D eigenvalue weighted by Crippen LogP contribution is 2.29. The Morgan fingerprint density at radius 2 is 1.48 bits per heavy atom. The molecule has 1 unspecified atom stereocenters. The molecule has 1 heteroatoms. The number of hydrogen-bond donors (Lipinski definition) is 0. The summed E-state index contributed by atoms with van der Waals surface area (Å²) in [5.41, 5.74) is 2.31. The third kappa shape index (κ3) is 3.42. The van der Waals surface area contributed by atoms with Crippen molar-refractivity contribution in [2.24, 2.45) is 0 Å². The Hall–Kier alpha value is -2.30. The number of rotatable bonds is 2. The van der Waals surface area contributed by atoms with Crippen molar-refractivity contribution in [1.29, 1.82) is 0 Å². The molecular formula is C20H16S. The van der Waals surface area contributed by atoms with Crippen LogP contribution in [0.25, 0.3) is 0 Å². The Bertz CT molecular complexity index is 758. The van der Waals surface area contributed by atoms with Gasteiger partial charge in [0.1, 0.15) is 0 Å². The number of benzene rings is 2. The zero-order valence-corrected chi connectivity index (χ0v) is 12.7. The SMILES string of the molecule is Cc1ccc(C(C#Cc2ccccc2)c2ccccc2)s1. The van der Waals surface area contributed by atoms with Crippen molar-refractivity contribution in [3.63, 3.8) is 0 Å². The van der Waals surface area contributed by atoms with E-state index in [4.69, 9.17) is 0 Å². The largest absolute Gasteiger partial charge is 0.144 e. The summed E-state index contributed by atoms with van der Waals surface area (Å²) in [6, 6.07) is 25.0. The maximum atomic E-state index is 3.44. The van der Waals surface area contributed by atoms with Crippen LogP contribution in [0.5, 0.6) is 0 Å². The Morgan fingerprint density at radius 1 is 0.810 bits per heavy atom. The molecule has 0 fully saturated rings. The summed E-state index contributed by atoms with van der Waals surface area (Å²) < 4.78 is 0. The van der Waals surface area contributed by atoms with Crippen LogP contribution in [0.3, 0.4) is 0 Å². The highest BCUT2D eigenvalue weighted by atomic mass is 32.1. The van der Waals surface area contributed by atoms with Crippen molar-refractivity contribution in [1.82, 2.24) is 0 Å². The molecule has 0 bridgehead atoms. The molecule has 0 radical (unpaired) electrons. The van der Waals surface area contributed by atoms with Crippen LogP contribution in [0.15, 0.2) is 72.8 Å². The van der Waals surface area contributed by atoms with Gasteiger partial charge in [-0.3, -0.25) is 0 Å². The van der Waals surface area contributed by atoms with Crippen LogP contribution in [0, 0.1) is 18.8 Å². The molecule has 0 N–H and O–H groups in total. The molecule has 1 aromatic heterocycles. The van der Waals surface area contributed by atoms with E-state index in [-0.39, 0.29) is 5.92 Å². The summed E-state index contributed by atoms with van der Waals surface area (Å²) in [6.45, 7) is 2.14. The molecule has 1 atom stereocenters. The second kappa shape index (κ2) is 6.43. The Morgan fingerprint density at radius 3 is 2.10 bits per heavy atom. The Labute approximate surface area is 130 Å². The van der Waals surface area contributed by atoms with Crippen LogP contribution in [0.4, 0.5) is 0 Å². The molecule has 0 saturated heterocycles. The van der Waals surface area contributed by atoms with Crippen molar-refractivity contribution in [3.8, 4) is 11.8 Å². The van der Waals surface area contributed by atoms with E-state index in [0.717, 1.165) is 5.56 Å². The van der Waals surface area contributed by atoms with Gasteiger partial charge in [-0.05, 0) is 36.8 Å². The summed E-state index contributed by atoms with van der Waals surface area (Å²) in [5.74, 6) is 6.89. The predicted octanol–water partition coefficient (Wildman–Crippen LogP) is 5.24. The van der Waals surface area contributed by atoms with Gasteiger partial charge in [-0.15, -0.1) is 11.3 Å². The van der Waals surface area contributed by atoms with Gasteiger partial charge >= 0.3 is 0 Å². The smallest absolute Gasteiger partial charge is 0.0799 e. The fourth-order valence-electron chi connectivity index (χ4n) is 2.25. The minimum Gasteiger partial charge on any atom is -0.144 e. The highest BCUT2D eigenvalue weighted by Gasteiger charge is 2.12. The van der Waals surface area contributed by atoms with Gasteiger partial charge in [-0.2, -0.15) is 0 Å². The first kappa shape index (κ1) is 13.7. The van der Waals surface area contributed by atoms with Crippen LogP contribution in [-0.2, 0) is 0 Å². The van der Waals surface area contributed by atoms with Crippen molar-refractivity contribution >= 4 is 11.3 Å². The van der Waals surface area contributed by atoms with Crippen molar-refractivity contribution < 1.29 is 0 Å². The van der Waals surface area contributed by atoms with Gasteiger partial charge in [-0.1, -0.05) is 60.4 Å². The topological polar surface area (TPSA) is 0 Å². The van der Waals surface area contributed by atoms with Gasteiger partial charge in [0.25, 0.3) is 0 Å². The molecule has 1 heterocycles. The summed E-state index contributed by atoms with van der Waals surface area (Å²) in [7, 11) is 0. The molecule has 0 spiro atoms. The minimum absolute atomic E-state index is 0.144. The molecular weight excluding hydrogens is 272 g/mol. The molecule has 102 valence electrons. The summed E-state index contributed by atoms with van der Waals surface area (Å²) in [5, 5.41) is 0. The van der Waals surface area contributed by atoms with E-state index >= 15 is 0 Å². The average molecular weight is 288 g/mol. The lowest BCUT2D eigenvalue weighted by molar-refractivity contribution is 1.10. The van der Waals surface area contributed by atoms with E-state index in [0.29, 0.717) is 0 Å². The fourth-order valence-corrected chi connectivity index (χ4v) is 3.21. The zero-order valence-electron chi connectivity index (χ0n) is 11.9. The monoisotopic (exact) mass is 288 g/mol. The second-order valence-electron chi connectivity index (χ2n) is 4.93. The first-order chi connectivity index (χ1) is 10.3. The lowest BCUT2D eigenvalue weighted by Crippen LogP contribution is -1.95. The van der Waals surface area contributed by atoms with Gasteiger partial charge in [0.15, 0.2) is 0 Å². The second-order valence-corrected chi connectivity index (χ2v) is 6.25. The molecule has 2 aromatic carbocycles. The fraction of sp³-hybridized carbons (Fsp3) is 0.100. The molecule has 0 aliphatic heterocycles. The van der Waals surface area contributed by atoms with Gasteiger partial charge < -0.3 is 0 Å². The maximum Gasteiger partial charge on any atom is 0.0799 e. The summed E-state index contributed by atoms with van der Waals surface area (Å²) in [6.07, 6.45) is 0. The number of hydrogen-bond acceptors (Lipinski definition) is 1. The van der Waals surface area contributed by atoms with E-state index in [1.54, 1.807) is 0 Å². The van der Waals surface area contributed by atoms with E-state index in [2.05, 4.69) is 67.3 Å². The standard InChI is InChI=1S/C20H16S/c1-16-12-15-20(21-16)19(18-10-6-3-7-11-18)14-13-17-8-4-2-5-9-17/h2-12,15,19H,1H3. The van der Waals surface area contributed by atoms with Gasteiger partial charge in [0.05, 0.1) is 5.92 Å². The van der Waals surface area contributed by atoms with E-state index < -0.39 is 0 Å². The average Bonchev–Trinajstić information content (AvgIpc) is 2.96. The number of aryl methyl sites for hydroxylation is 1. The highest BCUT2D eigenvalue weighted by molar-refractivity contribution is 7.12. The number of thiophene rings is 1. The zero-order chi connectivity index (χ0) is 14.5. The molecule has 0 amide bonds. The molecule has 0 aliphatic rings. The van der Waals surface area contributed by atoms with E-state index in [1.165, 1.54) is 15.3 Å². The first-order valence-electron chi connectivity index (χ1n) is 7.01. The molecule has 0 saturated carbocycles. The summed E-state index contributed by atoms with van der Waals surface area (Å²) in [4.78, 5) is 2.63. The van der Waals surface area contributed by atoms with Gasteiger partial charge in [-0.25, -0.2) is 0 Å². The lowest BCUT2D eigenvalue weighted by atomic mass is 9.97. The Balaban J connectivity index is 2.00. The van der Waals surface area contributed by atoms with Crippen LogP contribution in [0.2, 0.25) is 0 Å². The Kier molecular flexibility index (Phi) is 4.19. The van der Waals surface area contributed by atoms with Crippen LogP contribution < -0.4 is 0 Å². The van der Waals surface area contributed by atoms with Crippen LogP contribution in [0.1, 0.15) is 26.8 Å². The van der Waals surface area contributed by atoms with E-state index in [1.807, 2.05) is 35.6 Å². The van der Waals surface area contributed by atoms with Crippen LogP contribution >= 0.6 is 11.3 Å². The van der Waals surface area contributed by atoms with E-state index in [9.17, 15) is 0 Å². The normalized spacial score (nSPS) is 11.5.